The van der Waals surface area contributed by atoms with E-state index in [1.54, 1.807) is 29.5 Å². The highest BCUT2D eigenvalue weighted by Gasteiger charge is 2.17. The van der Waals surface area contributed by atoms with E-state index in [4.69, 9.17) is 23.2 Å². The summed E-state index contributed by atoms with van der Waals surface area (Å²) < 4.78 is 2.19. The number of aromatic nitrogens is 1. The van der Waals surface area contributed by atoms with E-state index in [0.717, 1.165) is 28.4 Å². The van der Waals surface area contributed by atoms with Crippen LogP contribution in [0, 0.1) is 13.8 Å². The number of halogens is 2. The van der Waals surface area contributed by atoms with Gasteiger partial charge in [0.2, 0.25) is 0 Å². The number of benzene rings is 1. The van der Waals surface area contributed by atoms with Crippen LogP contribution in [0.5, 0.6) is 0 Å². The summed E-state index contributed by atoms with van der Waals surface area (Å²) in [4.78, 5) is 14.7. The molecule has 6 heteroatoms. The van der Waals surface area contributed by atoms with E-state index in [0.29, 0.717) is 15.8 Å². The van der Waals surface area contributed by atoms with Crippen LogP contribution < -0.4 is 0 Å². The van der Waals surface area contributed by atoms with Crippen LogP contribution in [-0.4, -0.2) is 16.1 Å². The molecule has 0 bridgehead atoms. The van der Waals surface area contributed by atoms with Gasteiger partial charge in [0.1, 0.15) is 0 Å². The van der Waals surface area contributed by atoms with Crippen molar-refractivity contribution in [2.24, 2.45) is 0 Å². The Morgan fingerprint density at radius 3 is 2.52 bits per heavy atom. The van der Waals surface area contributed by atoms with Crippen molar-refractivity contribution in [3.05, 3.63) is 73.7 Å². The molecule has 0 saturated carbocycles. The highest BCUT2D eigenvalue weighted by molar-refractivity contribution is 8.00. The van der Waals surface area contributed by atoms with E-state index >= 15 is 0 Å². The third-order valence-electron chi connectivity index (χ3n) is 4.03. The Labute approximate surface area is 165 Å². The van der Waals surface area contributed by atoms with Crippen LogP contribution in [0.15, 0.2) is 46.7 Å². The second kappa shape index (κ2) is 8.00. The fraction of sp³-hybridized carbons (Fsp3) is 0.211. The SMILES string of the molecule is Cc1cc(C(=O)CSc2c(Cl)cccc2Cl)c(C)n1Cc1cccs1. The summed E-state index contributed by atoms with van der Waals surface area (Å²) in [6.07, 6.45) is 0. The number of Topliss-reactive ketones (excluding diaryl/α,β-unsaturated/α-hetero) is 1. The van der Waals surface area contributed by atoms with Crippen LogP contribution >= 0.6 is 46.3 Å². The molecule has 0 N–H and O–H groups in total. The third kappa shape index (κ3) is 4.14. The standard InChI is InChI=1S/C19H17Cl2NOS2/c1-12-9-15(13(2)22(12)10-14-5-4-8-24-14)18(23)11-25-19-16(20)6-3-7-17(19)21/h3-9H,10-11H2,1-2H3. The lowest BCUT2D eigenvalue weighted by Crippen LogP contribution is -2.07. The molecule has 0 aliphatic rings. The predicted molar refractivity (Wildman–Crippen MR) is 109 cm³/mol. The minimum Gasteiger partial charge on any atom is -0.343 e. The van der Waals surface area contributed by atoms with Crippen molar-refractivity contribution < 1.29 is 4.79 Å². The Morgan fingerprint density at radius 1 is 1.16 bits per heavy atom. The average Bonchev–Trinajstić information content (AvgIpc) is 3.18. The number of nitrogens with zero attached hydrogens (tertiary/aromatic N) is 1. The summed E-state index contributed by atoms with van der Waals surface area (Å²) in [5.74, 6) is 0.402. The smallest absolute Gasteiger partial charge is 0.174 e. The Hall–Kier alpha value is -1.20. The number of carbonyl (C=O) groups is 1. The largest absolute Gasteiger partial charge is 0.343 e. The van der Waals surface area contributed by atoms with Gasteiger partial charge < -0.3 is 4.57 Å². The van der Waals surface area contributed by atoms with Crippen molar-refractivity contribution in [1.29, 1.82) is 0 Å². The van der Waals surface area contributed by atoms with E-state index in [-0.39, 0.29) is 5.78 Å². The summed E-state index contributed by atoms with van der Waals surface area (Å²) >= 11 is 15.5. The molecule has 0 unspecified atom stereocenters. The molecule has 0 saturated heterocycles. The zero-order valence-electron chi connectivity index (χ0n) is 13.9. The average molecular weight is 410 g/mol. The zero-order chi connectivity index (χ0) is 18.0. The van der Waals surface area contributed by atoms with Gasteiger partial charge in [-0.05, 0) is 43.5 Å². The molecule has 3 rings (SSSR count). The summed E-state index contributed by atoms with van der Waals surface area (Å²) in [7, 11) is 0. The van der Waals surface area contributed by atoms with Gasteiger partial charge in [-0.1, -0.05) is 35.3 Å². The van der Waals surface area contributed by atoms with Gasteiger partial charge in [-0.25, -0.2) is 0 Å². The molecule has 25 heavy (non-hydrogen) atoms. The molecule has 0 radical (unpaired) electrons. The lowest BCUT2D eigenvalue weighted by atomic mass is 10.2. The molecule has 2 aromatic heterocycles. The maximum absolute atomic E-state index is 12.7. The Bertz CT molecular complexity index is 880. The second-order valence-electron chi connectivity index (χ2n) is 5.71. The molecule has 3 aromatic rings. The summed E-state index contributed by atoms with van der Waals surface area (Å²) in [6, 6.07) is 11.5. The van der Waals surface area contributed by atoms with E-state index in [9.17, 15) is 4.79 Å². The normalized spacial score (nSPS) is 11.0. The first-order valence-electron chi connectivity index (χ1n) is 7.76. The number of thiophene rings is 1. The molecule has 0 amide bonds. The quantitative estimate of drug-likeness (QED) is 0.342. The number of aryl methyl sites for hydroxylation is 1. The van der Waals surface area contributed by atoms with Crippen molar-refractivity contribution >= 4 is 52.1 Å². The first-order valence-corrected chi connectivity index (χ1v) is 10.4. The Morgan fingerprint density at radius 2 is 1.88 bits per heavy atom. The zero-order valence-corrected chi connectivity index (χ0v) is 17.0. The topological polar surface area (TPSA) is 22.0 Å². The van der Waals surface area contributed by atoms with Gasteiger partial charge in [0.25, 0.3) is 0 Å². The van der Waals surface area contributed by atoms with E-state index in [1.165, 1.54) is 16.6 Å². The van der Waals surface area contributed by atoms with Crippen molar-refractivity contribution in [1.82, 2.24) is 4.57 Å². The van der Waals surface area contributed by atoms with Crippen LogP contribution in [-0.2, 0) is 6.54 Å². The highest BCUT2D eigenvalue weighted by atomic mass is 35.5. The monoisotopic (exact) mass is 409 g/mol. The van der Waals surface area contributed by atoms with Gasteiger partial charge in [-0.3, -0.25) is 4.79 Å². The van der Waals surface area contributed by atoms with Crippen LogP contribution in [0.2, 0.25) is 10.0 Å². The lowest BCUT2D eigenvalue weighted by Gasteiger charge is -2.09. The molecular weight excluding hydrogens is 393 g/mol. The lowest BCUT2D eigenvalue weighted by molar-refractivity contribution is 0.102. The van der Waals surface area contributed by atoms with Crippen LogP contribution in [0.3, 0.4) is 0 Å². The van der Waals surface area contributed by atoms with Crippen LogP contribution in [0.4, 0.5) is 0 Å². The van der Waals surface area contributed by atoms with Gasteiger partial charge in [0.15, 0.2) is 5.78 Å². The molecule has 0 atom stereocenters. The number of ketones is 1. The molecule has 2 heterocycles. The maximum atomic E-state index is 12.7. The van der Waals surface area contributed by atoms with Crippen molar-refractivity contribution in [2.75, 3.05) is 5.75 Å². The molecule has 0 spiro atoms. The molecule has 2 nitrogen and oxygen atoms in total. The second-order valence-corrected chi connectivity index (χ2v) is 8.55. The van der Waals surface area contributed by atoms with Gasteiger partial charge in [0.05, 0.1) is 22.3 Å². The van der Waals surface area contributed by atoms with Crippen molar-refractivity contribution in [3.63, 3.8) is 0 Å². The van der Waals surface area contributed by atoms with E-state index in [1.807, 2.05) is 26.0 Å². The van der Waals surface area contributed by atoms with Gasteiger partial charge >= 0.3 is 0 Å². The Balaban J connectivity index is 1.76. The van der Waals surface area contributed by atoms with Crippen LogP contribution in [0.25, 0.3) is 0 Å². The molecular formula is C19H17Cl2NOS2. The fourth-order valence-corrected chi connectivity index (χ4v) is 4.98. The molecule has 0 fully saturated rings. The number of thioether (sulfide) groups is 1. The number of carbonyl (C=O) groups excluding carboxylic acids is 1. The van der Waals surface area contributed by atoms with Gasteiger partial charge in [-0.2, -0.15) is 0 Å². The van der Waals surface area contributed by atoms with Crippen LogP contribution in [0.1, 0.15) is 26.6 Å². The number of hydrogen-bond acceptors (Lipinski definition) is 3. The van der Waals surface area contributed by atoms with Crippen molar-refractivity contribution in [2.45, 2.75) is 25.3 Å². The van der Waals surface area contributed by atoms with Gasteiger partial charge in [0, 0.05) is 26.7 Å². The maximum Gasteiger partial charge on any atom is 0.174 e. The summed E-state index contributed by atoms with van der Waals surface area (Å²) in [5.41, 5.74) is 2.86. The summed E-state index contributed by atoms with van der Waals surface area (Å²) in [5, 5.41) is 3.22. The van der Waals surface area contributed by atoms with Crippen molar-refractivity contribution in [3.8, 4) is 0 Å². The van der Waals surface area contributed by atoms with E-state index < -0.39 is 0 Å². The minimum atomic E-state index is 0.0894. The van der Waals surface area contributed by atoms with E-state index in [2.05, 4.69) is 16.0 Å². The molecule has 0 aliphatic carbocycles. The molecule has 130 valence electrons. The third-order valence-corrected chi connectivity index (χ3v) is 6.88. The fourth-order valence-electron chi connectivity index (χ4n) is 2.72. The highest BCUT2D eigenvalue weighted by Crippen LogP contribution is 2.34. The summed E-state index contributed by atoms with van der Waals surface area (Å²) in [6.45, 7) is 4.84. The molecule has 0 aliphatic heterocycles. The predicted octanol–water partition coefficient (Wildman–Crippen LogP) is 6.50. The Kier molecular flexibility index (Phi) is 5.95. The molecule has 1 aromatic carbocycles. The number of rotatable bonds is 6. The first kappa shape index (κ1) is 18.6. The minimum absolute atomic E-state index is 0.0894. The van der Waals surface area contributed by atoms with Gasteiger partial charge in [-0.15, -0.1) is 23.1 Å². The number of hydrogen-bond donors (Lipinski definition) is 0. The first-order chi connectivity index (χ1) is 12.0.